The van der Waals surface area contributed by atoms with Crippen LogP contribution in [-0.2, 0) is 6.54 Å². The summed E-state index contributed by atoms with van der Waals surface area (Å²) in [5, 5.41) is 11.1. The zero-order valence-electron chi connectivity index (χ0n) is 12.3. The van der Waals surface area contributed by atoms with Gasteiger partial charge in [0.05, 0.1) is 46.4 Å². The molecular weight excluding hydrogens is 341 g/mol. The molecule has 0 spiro atoms. The molecule has 1 aromatic carbocycles. The van der Waals surface area contributed by atoms with Gasteiger partial charge >= 0.3 is 0 Å². The van der Waals surface area contributed by atoms with E-state index in [0.717, 1.165) is 30.0 Å². The smallest absolute Gasteiger partial charge is 0.295 e. The molecule has 23 heavy (non-hydrogen) atoms. The number of nitrogens with one attached hydrogen (secondary N) is 1. The Morgan fingerprint density at radius 3 is 2.65 bits per heavy atom. The van der Waals surface area contributed by atoms with Crippen LogP contribution >= 0.6 is 22.9 Å². The third-order valence-corrected chi connectivity index (χ3v) is 5.23. The average molecular weight is 357 g/mol. The summed E-state index contributed by atoms with van der Waals surface area (Å²) in [5.74, 6) is -0.584. The van der Waals surface area contributed by atoms with Gasteiger partial charge in [0.2, 0.25) is 0 Å². The van der Waals surface area contributed by atoms with Gasteiger partial charge < -0.3 is 9.80 Å². The van der Waals surface area contributed by atoms with Gasteiger partial charge in [-0.15, -0.1) is 11.3 Å². The van der Waals surface area contributed by atoms with Crippen molar-refractivity contribution in [2.24, 2.45) is 0 Å². The highest BCUT2D eigenvalue weighted by Gasteiger charge is 2.26. The van der Waals surface area contributed by atoms with Crippen molar-refractivity contribution in [2.45, 2.75) is 6.54 Å². The lowest BCUT2D eigenvalue weighted by Crippen LogP contribution is -3.13. The Morgan fingerprint density at radius 2 is 2.04 bits per heavy atom. The van der Waals surface area contributed by atoms with Crippen LogP contribution in [-0.4, -0.2) is 31.1 Å². The van der Waals surface area contributed by atoms with Crippen LogP contribution in [0.3, 0.4) is 0 Å². The van der Waals surface area contributed by atoms with Crippen LogP contribution in [0.5, 0.6) is 0 Å². The first-order valence-electron chi connectivity index (χ1n) is 7.29. The number of nitro benzene ring substituents is 1. The minimum atomic E-state index is -0.584. The third-order valence-electron chi connectivity index (χ3n) is 4.00. The van der Waals surface area contributed by atoms with Crippen LogP contribution in [0.4, 0.5) is 15.8 Å². The lowest BCUT2D eigenvalue weighted by Gasteiger charge is -2.33. The molecule has 0 unspecified atom stereocenters. The quantitative estimate of drug-likeness (QED) is 0.676. The second-order valence-electron chi connectivity index (χ2n) is 5.51. The van der Waals surface area contributed by atoms with Crippen molar-refractivity contribution < 1.29 is 14.2 Å². The summed E-state index contributed by atoms with van der Waals surface area (Å²) in [6.45, 7) is 4.09. The Hall–Kier alpha value is -1.70. The van der Waals surface area contributed by atoms with Gasteiger partial charge in [-0.25, -0.2) is 4.39 Å². The topological polar surface area (TPSA) is 50.8 Å². The molecule has 5 nitrogen and oxygen atoms in total. The van der Waals surface area contributed by atoms with E-state index < -0.39 is 10.7 Å². The van der Waals surface area contributed by atoms with Crippen LogP contribution < -0.4 is 9.80 Å². The normalized spacial score (nSPS) is 15.8. The minimum absolute atomic E-state index is 0.168. The maximum atomic E-state index is 13.2. The summed E-state index contributed by atoms with van der Waals surface area (Å²) in [6, 6.07) is 7.70. The van der Waals surface area contributed by atoms with Gasteiger partial charge in [0.1, 0.15) is 18.0 Å². The van der Waals surface area contributed by atoms with Crippen LogP contribution in [0.2, 0.25) is 4.34 Å². The SMILES string of the molecule is O=[N+]([O-])c1cc(F)ccc1N1CC[NH+](Cc2ccc(Cl)s2)CC1. The Balaban J connectivity index is 1.66. The lowest BCUT2D eigenvalue weighted by atomic mass is 10.2. The summed E-state index contributed by atoms with van der Waals surface area (Å²) in [6.07, 6.45) is 0. The van der Waals surface area contributed by atoms with E-state index in [4.69, 9.17) is 11.6 Å². The number of halogens is 2. The number of thiophene rings is 1. The largest absolute Gasteiger partial charge is 0.355 e. The van der Waals surface area contributed by atoms with E-state index in [0.29, 0.717) is 18.8 Å². The van der Waals surface area contributed by atoms with Crippen molar-refractivity contribution in [1.29, 1.82) is 0 Å². The maximum absolute atomic E-state index is 13.2. The van der Waals surface area contributed by atoms with Gasteiger partial charge in [0, 0.05) is 0 Å². The molecule has 2 heterocycles. The zero-order chi connectivity index (χ0) is 16.4. The number of nitro groups is 1. The number of benzene rings is 1. The fourth-order valence-electron chi connectivity index (χ4n) is 2.84. The Labute approximate surface area is 142 Å². The Kier molecular flexibility index (Phi) is 4.79. The summed E-state index contributed by atoms with van der Waals surface area (Å²) < 4.78 is 14.0. The fourth-order valence-corrected chi connectivity index (χ4v) is 4.00. The number of nitrogens with zero attached hydrogens (tertiary/aromatic N) is 2. The van der Waals surface area contributed by atoms with Crippen molar-refractivity contribution >= 4 is 34.3 Å². The first-order valence-corrected chi connectivity index (χ1v) is 8.49. The van der Waals surface area contributed by atoms with E-state index >= 15 is 0 Å². The molecule has 1 N–H and O–H groups in total. The summed E-state index contributed by atoms with van der Waals surface area (Å²) in [5.41, 5.74) is 0.327. The van der Waals surface area contributed by atoms with E-state index in [1.165, 1.54) is 21.9 Å². The molecule has 1 fully saturated rings. The predicted octanol–water partition coefficient (Wildman–Crippen LogP) is 2.35. The lowest BCUT2D eigenvalue weighted by molar-refractivity contribution is -0.914. The molecule has 0 amide bonds. The van der Waals surface area contributed by atoms with Gasteiger partial charge in [0.15, 0.2) is 0 Å². The molecule has 0 bridgehead atoms. The van der Waals surface area contributed by atoms with Crippen LogP contribution in [0.25, 0.3) is 0 Å². The van der Waals surface area contributed by atoms with Crippen molar-refractivity contribution in [3.05, 3.63) is 55.5 Å². The number of quaternary nitrogens is 1. The average Bonchev–Trinajstić information content (AvgIpc) is 2.93. The molecule has 2 aromatic rings. The monoisotopic (exact) mass is 356 g/mol. The van der Waals surface area contributed by atoms with Gasteiger partial charge in [-0.2, -0.15) is 0 Å². The summed E-state index contributed by atoms with van der Waals surface area (Å²) in [4.78, 5) is 15.2. The maximum Gasteiger partial charge on any atom is 0.295 e. The molecule has 1 aliphatic rings. The second kappa shape index (κ2) is 6.82. The van der Waals surface area contributed by atoms with Gasteiger partial charge in [-0.05, 0) is 24.3 Å². The van der Waals surface area contributed by atoms with Gasteiger partial charge in [-0.1, -0.05) is 11.6 Å². The molecule has 0 atom stereocenters. The summed E-state index contributed by atoms with van der Waals surface area (Å²) >= 11 is 7.53. The van der Waals surface area contributed by atoms with Crippen molar-refractivity contribution in [2.75, 3.05) is 31.1 Å². The Morgan fingerprint density at radius 1 is 1.30 bits per heavy atom. The molecule has 0 radical (unpaired) electrons. The standard InChI is InChI=1S/C15H15ClFN3O2S/c16-15-4-2-12(23-15)10-18-5-7-19(8-6-18)13-3-1-11(17)9-14(13)20(21)22/h1-4,9H,5-8,10H2/p+1. The van der Waals surface area contributed by atoms with Crippen LogP contribution in [0.15, 0.2) is 30.3 Å². The van der Waals surface area contributed by atoms with E-state index in [1.54, 1.807) is 11.3 Å². The van der Waals surface area contributed by atoms with Crippen LogP contribution in [0.1, 0.15) is 4.88 Å². The molecule has 122 valence electrons. The molecule has 1 saturated heterocycles. The predicted molar refractivity (Wildman–Crippen MR) is 89.0 cm³/mol. The third kappa shape index (κ3) is 3.80. The van der Waals surface area contributed by atoms with Gasteiger partial charge in [0.25, 0.3) is 5.69 Å². The van der Waals surface area contributed by atoms with E-state index in [9.17, 15) is 14.5 Å². The molecular formula is C15H16ClFN3O2S+. The second-order valence-corrected chi connectivity index (χ2v) is 7.31. The van der Waals surface area contributed by atoms with E-state index in [-0.39, 0.29) is 5.69 Å². The zero-order valence-corrected chi connectivity index (χ0v) is 13.9. The minimum Gasteiger partial charge on any atom is -0.355 e. The van der Waals surface area contributed by atoms with Crippen molar-refractivity contribution in [3.8, 4) is 0 Å². The number of piperazine rings is 1. The number of anilines is 1. The molecule has 0 saturated carbocycles. The highest BCUT2D eigenvalue weighted by atomic mass is 35.5. The van der Waals surface area contributed by atoms with E-state index in [1.807, 2.05) is 17.0 Å². The first-order chi connectivity index (χ1) is 11.0. The van der Waals surface area contributed by atoms with Crippen molar-refractivity contribution in [1.82, 2.24) is 0 Å². The highest BCUT2D eigenvalue weighted by molar-refractivity contribution is 7.16. The number of hydrogen-bond acceptors (Lipinski definition) is 4. The van der Waals surface area contributed by atoms with Crippen molar-refractivity contribution in [3.63, 3.8) is 0 Å². The van der Waals surface area contributed by atoms with Crippen LogP contribution in [0, 0.1) is 15.9 Å². The molecule has 1 aromatic heterocycles. The Bertz CT molecular complexity index is 716. The molecule has 0 aliphatic carbocycles. The van der Waals surface area contributed by atoms with E-state index in [2.05, 4.69) is 0 Å². The molecule has 3 rings (SSSR count). The fraction of sp³-hybridized carbons (Fsp3) is 0.333. The van der Waals surface area contributed by atoms with Gasteiger partial charge in [-0.3, -0.25) is 10.1 Å². The molecule has 8 heteroatoms. The summed E-state index contributed by atoms with van der Waals surface area (Å²) in [7, 11) is 0. The first kappa shape index (κ1) is 16.2. The molecule has 1 aliphatic heterocycles. The highest BCUT2D eigenvalue weighted by Crippen LogP contribution is 2.28. The number of rotatable bonds is 4. The number of hydrogen-bond donors (Lipinski definition) is 1.